The van der Waals surface area contributed by atoms with E-state index >= 15 is 0 Å². The van der Waals surface area contributed by atoms with E-state index in [-0.39, 0.29) is 22.7 Å². The van der Waals surface area contributed by atoms with Gasteiger partial charge in [-0.3, -0.25) is 0 Å². The summed E-state index contributed by atoms with van der Waals surface area (Å²) in [5, 5.41) is 28.8. The molecule has 0 aliphatic rings. The van der Waals surface area contributed by atoms with Crippen molar-refractivity contribution in [3.05, 3.63) is 17.2 Å². The second-order valence-corrected chi connectivity index (χ2v) is 5.11. The number of benzene rings is 1. The quantitative estimate of drug-likeness (QED) is 0.493. The lowest BCUT2D eigenvalue weighted by Crippen LogP contribution is -2.09. The molecular formula is C12H18O3. The summed E-state index contributed by atoms with van der Waals surface area (Å²) >= 11 is 0. The van der Waals surface area contributed by atoms with E-state index in [2.05, 4.69) is 0 Å². The molecular weight excluding hydrogens is 192 g/mol. The maximum absolute atomic E-state index is 9.71. The van der Waals surface area contributed by atoms with Gasteiger partial charge in [0.2, 0.25) is 0 Å². The van der Waals surface area contributed by atoms with Crippen LogP contribution >= 0.6 is 0 Å². The molecule has 0 heterocycles. The van der Waals surface area contributed by atoms with Crippen molar-refractivity contribution in [1.82, 2.24) is 0 Å². The van der Waals surface area contributed by atoms with Crippen molar-refractivity contribution in [2.24, 2.45) is 5.41 Å². The van der Waals surface area contributed by atoms with Crippen molar-refractivity contribution in [2.45, 2.75) is 34.1 Å². The minimum atomic E-state index is -0.228. The highest BCUT2D eigenvalue weighted by atomic mass is 16.3. The molecule has 1 rings (SSSR count). The minimum absolute atomic E-state index is 0.00832. The SMILES string of the molecule is Cc1c(O)cc(CC(C)(C)C)c(O)c1O. The zero-order valence-corrected chi connectivity index (χ0v) is 9.63. The van der Waals surface area contributed by atoms with E-state index in [1.165, 1.54) is 6.07 Å². The molecule has 0 unspecified atom stereocenters. The Bertz CT molecular complexity index is 375. The topological polar surface area (TPSA) is 60.7 Å². The van der Waals surface area contributed by atoms with E-state index in [9.17, 15) is 15.3 Å². The molecule has 1 aromatic rings. The molecule has 84 valence electrons. The number of hydrogen-bond acceptors (Lipinski definition) is 3. The molecule has 1 aromatic carbocycles. The van der Waals surface area contributed by atoms with Crippen molar-refractivity contribution in [3.8, 4) is 17.2 Å². The highest BCUT2D eigenvalue weighted by Gasteiger charge is 2.19. The van der Waals surface area contributed by atoms with E-state index in [0.29, 0.717) is 17.5 Å². The van der Waals surface area contributed by atoms with Gasteiger partial charge < -0.3 is 15.3 Å². The Kier molecular flexibility index (Phi) is 2.84. The van der Waals surface area contributed by atoms with Gasteiger partial charge in [-0.25, -0.2) is 0 Å². The van der Waals surface area contributed by atoms with Gasteiger partial charge >= 0.3 is 0 Å². The molecule has 0 aliphatic carbocycles. The summed E-state index contributed by atoms with van der Waals surface area (Å²) in [4.78, 5) is 0. The Morgan fingerprint density at radius 2 is 1.60 bits per heavy atom. The first kappa shape index (κ1) is 11.7. The van der Waals surface area contributed by atoms with Crippen molar-refractivity contribution in [3.63, 3.8) is 0 Å². The Labute approximate surface area is 90.0 Å². The van der Waals surface area contributed by atoms with Gasteiger partial charge in [0.25, 0.3) is 0 Å². The van der Waals surface area contributed by atoms with Crippen LogP contribution in [0.1, 0.15) is 31.9 Å². The van der Waals surface area contributed by atoms with Crippen LogP contribution in [0.5, 0.6) is 17.2 Å². The molecule has 0 saturated carbocycles. The third kappa shape index (κ3) is 2.55. The smallest absolute Gasteiger partial charge is 0.164 e. The normalized spacial score (nSPS) is 11.7. The largest absolute Gasteiger partial charge is 0.508 e. The van der Waals surface area contributed by atoms with E-state index < -0.39 is 0 Å². The monoisotopic (exact) mass is 210 g/mol. The lowest BCUT2D eigenvalue weighted by atomic mass is 9.87. The first-order valence-electron chi connectivity index (χ1n) is 4.96. The summed E-state index contributed by atoms with van der Waals surface area (Å²) in [7, 11) is 0. The summed E-state index contributed by atoms with van der Waals surface area (Å²) in [5.74, 6) is -0.334. The molecule has 3 N–H and O–H groups in total. The van der Waals surface area contributed by atoms with Crippen LogP contribution in [0.25, 0.3) is 0 Å². The molecule has 0 aromatic heterocycles. The molecule has 0 saturated heterocycles. The first-order chi connectivity index (χ1) is 6.72. The van der Waals surface area contributed by atoms with Crippen LogP contribution in [-0.4, -0.2) is 15.3 Å². The second-order valence-electron chi connectivity index (χ2n) is 5.11. The summed E-state index contributed by atoms with van der Waals surface area (Å²) in [6.45, 7) is 7.65. The van der Waals surface area contributed by atoms with E-state index in [4.69, 9.17) is 0 Å². The molecule has 0 fully saturated rings. The number of hydrogen-bond donors (Lipinski definition) is 3. The lowest BCUT2D eigenvalue weighted by molar-refractivity contribution is 0.367. The highest BCUT2D eigenvalue weighted by Crippen LogP contribution is 2.40. The van der Waals surface area contributed by atoms with Gasteiger partial charge in [-0.2, -0.15) is 0 Å². The van der Waals surface area contributed by atoms with Crippen LogP contribution in [0.2, 0.25) is 0 Å². The Hall–Kier alpha value is -1.38. The van der Waals surface area contributed by atoms with Gasteiger partial charge in [-0.15, -0.1) is 0 Å². The highest BCUT2D eigenvalue weighted by molar-refractivity contribution is 5.55. The summed E-state index contributed by atoms with van der Waals surface area (Å²) in [6.07, 6.45) is 0.597. The van der Waals surface area contributed by atoms with Gasteiger partial charge in [-0.05, 0) is 24.8 Å². The third-order valence-electron chi connectivity index (χ3n) is 2.30. The first-order valence-corrected chi connectivity index (χ1v) is 4.96. The summed E-state index contributed by atoms with van der Waals surface area (Å²) in [5.41, 5.74) is 0.874. The van der Waals surface area contributed by atoms with Gasteiger partial charge in [0, 0.05) is 11.1 Å². The average Bonchev–Trinajstić information content (AvgIpc) is 2.08. The van der Waals surface area contributed by atoms with Gasteiger partial charge in [-0.1, -0.05) is 20.8 Å². The zero-order chi connectivity index (χ0) is 11.8. The molecule has 0 aliphatic heterocycles. The van der Waals surface area contributed by atoms with Gasteiger partial charge in [0.1, 0.15) is 5.75 Å². The predicted octanol–water partition coefficient (Wildman–Crippen LogP) is 2.70. The molecule has 0 amide bonds. The van der Waals surface area contributed by atoms with Crippen LogP contribution < -0.4 is 0 Å². The molecule has 0 atom stereocenters. The van der Waals surface area contributed by atoms with Crippen LogP contribution in [0.15, 0.2) is 6.07 Å². The number of rotatable bonds is 1. The fourth-order valence-electron chi connectivity index (χ4n) is 1.50. The van der Waals surface area contributed by atoms with Crippen LogP contribution in [0.3, 0.4) is 0 Å². The van der Waals surface area contributed by atoms with Crippen molar-refractivity contribution in [2.75, 3.05) is 0 Å². The number of aromatic hydroxyl groups is 3. The van der Waals surface area contributed by atoms with Crippen LogP contribution in [0.4, 0.5) is 0 Å². The zero-order valence-electron chi connectivity index (χ0n) is 9.63. The maximum Gasteiger partial charge on any atom is 0.164 e. The Balaban J connectivity index is 3.21. The van der Waals surface area contributed by atoms with Gasteiger partial charge in [0.05, 0.1) is 0 Å². The molecule has 0 bridgehead atoms. The van der Waals surface area contributed by atoms with Crippen LogP contribution in [-0.2, 0) is 6.42 Å². The molecule has 15 heavy (non-hydrogen) atoms. The van der Waals surface area contributed by atoms with Gasteiger partial charge in [0.15, 0.2) is 11.5 Å². The minimum Gasteiger partial charge on any atom is -0.508 e. The molecule has 3 nitrogen and oxygen atoms in total. The van der Waals surface area contributed by atoms with E-state index in [1.54, 1.807) is 6.92 Å². The molecule has 0 spiro atoms. The standard InChI is InChI=1S/C12H18O3/c1-7-9(13)5-8(6-12(2,3)4)11(15)10(7)14/h5,13-15H,6H2,1-4H3. The summed E-state index contributed by atoms with van der Waals surface area (Å²) in [6, 6.07) is 1.51. The van der Waals surface area contributed by atoms with Crippen molar-refractivity contribution in [1.29, 1.82) is 0 Å². The van der Waals surface area contributed by atoms with E-state index in [1.807, 2.05) is 20.8 Å². The van der Waals surface area contributed by atoms with Crippen molar-refractivity contribution >= 4 is 0 Å². The predicted molar refractivity (Wildman–Crippen MR) is 59.3 cm³/mol. The lowest BCUT2D eigenvalue weighted by Gasteiger charge is -2.20. The molecule has 0 radical (unpaired) electrons. The Morgan fingerprint density at radius 1 is 1.07 bits per heavy atom. The third-order valence-corrected chi connectivity index (χ3v) is 2.30. The Morgan fingerprint density at radius 3 is 2.07 bits per heavy atom. The summed E-state index contributed by atoms with van der Waals surface area (Å²) < 4.78 is 0. The average molecular weight is 210 g/mol. The maximum atomic E-state index is 9.71. The van der Waals surface area contributed by atoms with Crippen LogP contribution in [0, 0.1) is 12.3 Å². The second kappa shape index (κ2) is 3.65. The fourth-order valence-corrected chi connectivity index (χ4v) is 1.50. The fraction of sp³-hybridized carbons (Fsp3) is 0.500. The molecule has 3 heteroatoms. The number of phenols is 3. The van der Waals surface area contributed by atoms with E-state index in [0.717, 1.165) is 0 Å². The number of phenolic OH excluding ortho intramolecular Hbond substituents is 3. The van der Waals surface area contributed by atoms with Crippen molar-refractivity contribution < 1.29 is 15.3 Å².